The third-order valence-corrected chi connectivity index (χ3v) is 3.48. The van der Waals surface area contributed by atoms with E-state index >= 15 is 0 Å². The fraction of sp³-hybridized carbons (Fsp3) is 0.500. The molecule has 0 aliphatic heterocycles. The van der Waals surface area contributed by atoms with Gasteiger partial charge < -0.3 is 4.74 Å². The van der Waals surface area contributed by atoms with Crippen molar-refractivity contribution >= 4 is 17.6 Å². The lowest BCUT2D eigenvalue weighted by Gasteiger charge is -2.25. The Morgan fingerprint density at radius 3 is 2.72 bits per heavy atom. The highest BCUT2D eigenvalue weighted by Crippen LogP contribution is 2.26. The summed E-state index contributed by atoms with van der Waals surface area (Å²) in [4.78, 5) is 13.2. The monoisotopic (exact) mass is 269 g/mol. The number of methoxy groups -OCH3 is 1. The number of ether oxygens (including phenoxy) is 1. The number of nitrogens with zero attached hydrogens (tertiary/aromatic N) is 1. The van der Waals surface area contributed by atoms with Crippen LogP contribution in [0.25, 0.3) is 0 Å². The quantitative estimate of drug-likeness (QED) is 0.742. The van der Waals surface area contributed by atoms with Crippen LogP contribution >= 0.6 is 11.6 Å². The lowest BCUT2D eigenvalue weighted by molar-refractivity contribution is -0.140. The van der Waals surface area contributed by atoms with E-state index in [4.69, 9.17) is 11.6 Å². The second-order valence-corrected chi connectivity index (χ2v) is 4.76. The molecule has 1 unspecified atom stereocenters. The van der Waals surface area contributed by atoms with Crippen LogP contribution in [-0.4, -0.2) is 31.6 Å². The smallest absolute Gasteiger partial charge is 0.305 e. The zero-order chi connectivity index (χ0) is 13.5. The molecule has 0 N–H and O–H groups in total. The van der Waals surface area contributed by atoms with Crippen molar-refractivity contribution in [1.29, 1.82) is 0 Å². The van der Waals surface area contributed by atoms with E-state index in [-0.39, 0.29) is 12.0 Å². The van der Waals surface area contributed by atoms with Crippen molar-refractivity contribution in [3.05, 3.63) is 34.9 Å². The lowest BCUT2D eigenvalue weighted by atomic mass is 10.1. The Bertz CT molecular complexity index is 395. The van der Waals surface area contributed by atoms with Crippen LogP contribution in [-0.2, 0) is 9.53 Å². The predicted octanol–water partition coefficient (Wildman–Crippen LogP) is 3.29. The third kappa shape index (κ3) is 4.31. The maximum Gasteiger partial charge on any atom is 0.305 e. The molecule has 1 atom stereocenters. The molecule has 1 rings (SSSR count). The molecule has 0 bridgehead atoms. The maximum atomic E-state index is 11.0. The molecule has 0 aliphatic carbocycles. The molecule has 0 spiro atoms. The van der Waals surface area contributed by atoms with Gasteiger partial charge in [0.15, 0.2) is 0 Å². The van der Waals surface area contributed by atoms with E-state index in [2.05, 4.69) is 16.6 Å². The van der Waals surface area contributed by atoms with Gasteiger partial charge in [-0.25, -0.2) is 0 Å². The number of rotatable bonds is 6. The highest BCUT2D eigenvalue weighted by atomic mass is 35.5. The van der Waals surface area contributed by atoms with Crippen LogP contribution < -0.4 is 0 Å². The topological polar surface area (TPSA) is 29.5 Å². The number of carbonyl (C=O) groups is 1. The zero-order valence-electron chi connectivity index (χ0n) is 11.1. The molecule has 0 aromatic heterocycles. The summed E-state index contributed by atoms with van der Waals surface area (Å²) in [6, 6.07) is 8.08. The average Bonchev–Trinajstić information content (AvgIpc) is 2.38. The molecule has 0 aliphatic rings. The highest BCUT2D eigenvalue weighted by Gasteiger charge is 2.14. The van der Waals surface area contributed by atoms with Crippen molar-refractivity contribution < 1.29 is 9.53 Å². The van der Waals surface area contributed by atoms with Crippen LogP contribution in [0.2, 0.25) is 5.02 Å². The van der Waals surface area contributed by atoms with Gasteiger partial charge in [-0.2, -0.15) is 0 Å². The summed E-state index contributed by atoms with van der Waals surface area (Å²) >= 11 is 6.17. The van der Waals surface area contributed by atoms with Gasteiger partial charge in [-0.1, -0.05) is 29.8 Å². The first-order chi connectivity index (χ1) is 8.56. The molecule has 0 amide bonds. The van der Waals surface area contributed by atoms with Gasteiger partial charge in [0.2, 0.25) is 0 Å². The summed E-state index contributed by atoms with van der Waals surface area (Å²) in [7, 11) is 3.45. The molecular formula is C14H20ClNO2. The number of carbonyl (C=O) groups excluding carboxylic acids is 1. The van der Waals surface area contributed by atoms with Gasteiger partial charge in [0.25, 0.3) is 0 Å². The fourth-order valence-corrected chi connectivity index (χ4v) is 2.11. The van der Waals surface area contributed by atoms with Gasteiger partial charge in [0.05, 0.1) is 7.11 Å². The molecule has 0 saturated heterocycles. The summed E-state index contributed by atoms with van der Waals surface area (Å²) in [5, 5.41) is 0.782. The van der Waals surface area contributed by atoms with E-state index in [1.807, 2.05) is 31.3 Å². The van der Waals surface area contributed by atoms with Crippen LogP contribution in [0.5, 0.6) is 0 Å². The molecule has 3 nitrogen and oxygen atoms in total. The first kappa shape index (κ1) is 15.0. The Morgan fingerprint density at radius 1 is 1.44 bits per heavy atom. The van der Waals surface area contributed by atoms with E-state index in [0.29, 0.717) is 6.42 Å². The maximum absolute atomic E-state index is 11.0. The van der Waals surface area contributed by atoms with Crippen LogP contribution in [0.3, 0.4) is 0 Å². The molecule has 0 heterocycles. The van der Waals surface area contributed by atoms with E-state index < -0.39 is 0 Å². The normalized spacial score (nSPS) is 12.5. The highest BCUT2D eigenvalue weighted by molar-refractivity contribution is 6.31. The third-order valence-electron chi connectivity index (χ3n) is 3.14. The molecule has 4 heteroatoms. The molecular weight excluding hydrogens is 250 g/mol. The van der Waals surface area contributed by atoms with Crippen molar-refractivity contribution in [2.75, 3.05) is 20.7 Å². The molecule has 0 fully saturated rings. The molecule has 0 saturated carbocycles. The van der Waals surface area contributed by atoms with Gasteiger partial charge in [-0.05, 0) is 38.6 Å². The van der Waals surface area contributed by atoms with Crippen molar-refractivity contribution in [2.45, 2.75) is 25.8 Å². The standard InChI is InChI=1S/C14H20ClNO2/c1-11(12-7-4-5-8-13(12)15)16(2)10-6-9-14(17)18-3/h4-5,7-8,11H,6,9-10H2,1-3H3. The van der Waals surface area contributed by atoms with Gasteiger partial charge in [0, 0.05) is 17.5 Å². The first-order valence-corrected chi connectivity index (χ1v) is 6.45. The second-order valence-electron chi connectivity index (χ2n) is 4.36. The molecule has 0 radical (unpaired) electrons. The van der Waals surface area contributed by atoms with Crippen LogP contribution in [0.4, 0.5) is 0 Å². The van der Waals surface area contributed by atoms with Crippen LogP contribution in [0, 0.1) is 0 Å². The summed E-state index contributed by atoms with van der Waals surface area (Å²) in [6.07, 6.45) is 1.24. The fourth-order valence-electron chi connectivity index (χ4n) is 1.82. The van der Waals surface area contributed by atoms with Gasteiger partial charge in [-0.3, -0.25) is 9.69 Å². The summed E-state index contributed by atoms with van der Waals surface area (Å²) < 4.78 is 4.62. The number of esters is 1. The second kappa shape index (κ2) is 7.39. The number of benzene rings is 1. The van der Waals surface area contributed by atoms with Gasteiger partial charge >= 0.3 is 5.97 Å². The van der Waals surface area contributed by atoms with E-state index in [0.717, 1.165) is 23.6 Å². The van der Waals surface area contributed by atoms with Crippen molar-refractivity contribution in [1.82, 2.24) is 4.90 Å². The number of halogens is 1. The molecule has 1 aromatic carbocycles. The van der Waals surface area contributed by atoms with Gasteiger partial charge in [0.1, 0.15) is 0 Å². The average molecular weight is 270 g/mol. The van der Waals surface area contributed by atoms with Crippen molar-refractivity contribution in [3.8, 4) is 0 Å². The van der Waals surface area contributed by atoms with E-state index in [9.17, 15) is 4.79 Å². The minimum absolute atomic E-state index is 0.159. The lowest BCUT2D eigenvalue weighted by Crippen LogP contribution is -2.24. The van der Waals surface area contributed by atoms with Crippen molar-refractivity contribution in [3.63, 3.8) is 0 Å². The van der Waals surface area contributed by atoms with Gasteiger partial charge in [-0.15, -0.1) is 0 Å². The summed E-state index contributed by atoms with van der Waals surface area (Å²) in [6.45, 7) is 2.95. The molecule has 18 heavy (non-hydrogen) atoms. The summed E-state index contributed by atoms with van der Waals surface area (Å²) in [5.41, 5.74) is 1.11. The minimum Gasteiger partial charge on any atom is -0.469 e. The van der Waals surface area contributed by atoms with E-state index in [1.54, 1.807) is 0 Å². The number of hydrogen-bond acceptors (Lipinski definition) is 3. The Morgan fingerprint density at radius 2 is 2.11 bits per heavy atom. The predicted molar refractivity (Wildman–Crippen MR) is 73.7 cm³/mol. The van der Waals surface area contributed by atoms with Crippen LogP contribution in [0.15, 0.2) is 24.3 Å². The summed E-state index contributed by atoms with van der Waals surface area (Å²) in [5.74, 6) is -0.159. The largest absolute Gasteiger partial charge is 0.469 e. The number of hydrogen-bond donors (Lipinski definition) is 0. The first-order valence-electron chi connectivity index (χ1n) is 6.07. The van der Waals surface area contributed by atoms with E-state index in [1.165, 1.54) is 7.11 Å². The van der Waals surface area contributed by atoms with Crippen molar-refractivity contribution in [2.24, 2.45) is 0 Å². The Balaban J connectivity index is 2.49. The zero-order valence-corrected chi connectivity index (χ0v) is 11.9. The Kier molecular flexibility index (Phi) is 6.16. The Labute approximate surface area is 114 Å². The minimum atomic E-state index is -0.159. The van der Waals surface area contributed by atoms with Crippen LogP contribution in [0.1, 0.15) is 31.4 Å². The Hall–Kier alpha value is -1.06. The SMILES string of the molecule is COC(=O)CCCN(C)C(C)c1ccccc1Cl. The molecule has 1 aromatic rings. The molecule has 100 valence electrons.